The fourth-order valence-electron chi connectivity index (χ4n) is 2.58. The fraction of sp³-hybridized carbons (Fsp3) is 0.238. The van der Waals surface area contributed by atoms with Gasteiger partial charge in [0.15, 0.2) is 11.5 Å². The molecule has 1 heterocycles. The van der Waals surface area contributed by atoms with E-state index < -0.39 is 0 Å². The number of benzene rings is 2. The standard InChI is InChI=1S/C21H23NO3S.ClH/c1-23-18-8-5-16(6-9-18)13-22-14-17-7-10-20(21(12-17)24-2)25-15-19-4-3-11-26-19;/h3-12,22H,13-15H2,1-2H3;1H. The number of thiophene rings is 1. The zero-order chi connectivity index (χ0) is 18.2. The van der Waals surface area contributed by atoms with Gasteiger partial charge in [0.1, 0.15) is 12.4 Å². The molecule has 0 saturated heterocycles. The number of nitrogens with one attached hydrogen (secondary N) is 1. The smallest absolute Gasteiger partial charge is 0.161 e. The molecule has 4 nitrogen and oxygen atoms in total. The maximum atomic E-state index is 5.88. The van der Waals surface area contributed by atoms with Gasteiger partial charge >= 0.3 is 0 Å². The van der Waals surface area contributed by atoms with Crippen LogP contribution in [0.15, 0.2) is 60.0 Å². The van der Waals surface area contributed by atoms with Gasteiger partial charge in [-0.25, -0.2) is 0 Å². The van der Waals surface area contributed by atoms with Crippen molar-refractivity contribution >= 4 is 23.7 Å². The van der Waals surface area contributed by atoms with Crippen molar-refractivity contribution in [1.82, 2.24) is 5.32 Å². The molecular formula is C21H24ClNO3S. The van der Waals surface area contributed by atoms with Gasteiger partial charge in [-0.15, -0.1) is 23.7 Å². The molecule has 6 heteroatoms. The molecule has 0 aliphatic rings. The molecule has 0 saturated carbocycles. The van der Waals surface area contributed by atoms with Gasteiger partial charge in [-0.1, -0.05) is 24.3 Å². The highest BCUT2D eigenvalue weighted by Gasteiger charge is 2.07. The summed E-state index contributed by atoms with van der Waals surface area (Å²) in [6.45, 7) is 2.11. The number of ether oxygens (including phenoxy) is 3. The average molecular weight is 406 g/mol. The van der Waals surface area contributed by atoms with Crippen LogP contribution >= 0.6 is 23.7 Å². The summed E-state index contributed by atoms with van der Waals surface area (Å²) in [6.07, 6.45) is 0. The van der Waals surface area contributed by atoms with Crippen LogP contribution in [0.5, 0.6) is 17.2 Å². The predicted octanol–water partition coefficient (Wildman–Crippen LogP) is 5.06. The van der Waals surface area contributed by atoms with Gasteiger partial charge in [-0.3, -0.25) is 0 Å². The van der Waals surface area contributed by atoms with E-state index in [0.717, 1.165) is 35.9 Å². The van der Waals surface area contributed by atoms with Crippen LogP contribution in [0.1, 0.15) is 16.0 Å². The molecule has 144 valence electrons. The zero-order valence-corrected chi connectivity index (χ0v) is 17.1. The first-order chi connectivity index (χ1) is 12.8. The zero-order valence-electron chi connectivity index (χ0n) is 15.4. The monoisotopic (exact) mass is 405 g/mol. The van der Waals surface area contributed by atoms with Crippen LogP contribution in [0.4, 0.5) is 0 Å². The lowest BCUT2D eigenvalue weighted by Gasteiger charge is -2.12. The van der Waals surface area contributed by atoms with Crippen LogP contribution in [-0.4, -0.2) is 14.2 Å². The molecule has 0 amide bonds. The SMILES string of the molecule is COc1ccc(CNCc2ccc(OCc3cccs3)c(OC)c2)cc1.Cl. The average Bonchev–Trinajstić information content (AvgIpc) is 3.21. The Balaban J connectivity index is 0.00000261. The van der Waals surface area contributed by atoms with Crippen LogP contribution in [0.3, 0.4) is 0 Å². The van der Waals surface area contributed by atoms with Gasteiger partial charge in [0.25, 0.3) is 0 Å². The molecule has 0 unspecified atom stereocenters. The van der Waals surface area contributed by atoms with Crippen molar-refractivity contribution in [2.45, 2.75) is 19.7 Å². The first kappa shape index (κ1) is 21.1. The van der Waals surface area contributed by atoms with E-state index in [4.69, 9.17) is 14.2 Å². The predicted molar refractivity (Wildman–Crippen MR) is 112 cm³/mol. The Hall–Kier alpha value is -2.21. The van der Waals surface area contributed by atoms with Crippen molar-refractivity contribution < 1.29 is 14.2 Å². The van der Waals surface area contributed by atoms with Crippen molar-refractivity contribution in [3.8, 4) is 17.2 Å². The third-order valence-corrected chi connectivity index (χ3v) is 4.85. The Labute approximate surface area is 170 Å². The Morgan fingerprint density at radius 1 is 0.852 bits per heavy atom. The number of hydrogen-bond acceptors (Lipinski definition) is 5. The highest BCUT2D eigenvalue weighted by Crippen LogP contribution is 2.29. The number of halogens is 1. The van der Waals surface area contributed by atoms with Crippen LogP contribution in [-0.2, 0) is 19.7 Å². The number of rotatable bonds is 9. The van der Waals surface area contributed by atoms with Crippen LogP contribution in [0.25, 0.3) is 0 Å². The van der Waals surface area contributed by atoms with Crippen molar-refractivity contribution in [2.75, 3.05) is 14.2 Å². The fourth-order valence-corrected chi connectivity index (χ4v) is 3.20. The maximum Gasteiger partial charge on any atom is 0.161 e. The summed E-state index contributed by atoms with van der Waals surface area (Å²) in [7, 11) is 3.34. The van der Waals surface area contributed by atoms with E-state index in [2.05, 4.69) is 29.6 Å². The highest BCUT2D eigenvalue weighted by molar-refractivity contribution is 7.09. The van der Waals surface area contributed by atoms with Crippen molar-refractivity contribution in [2.24, 2.45) is 0 Å². The maximum absolute atomic E-state index is 5.88. The molecule has 2 aromatic carbocycles. The molecule has 0 atom stereocenters. The molecule has 3 aromatic rings. The number of hydrogen-bond donors (Lipinski definition) is 1. The summed E-state index contributed by atoms with van der Waals surface area (Å²) in [5.41, 5.74) is 2.37. The van der Waals surface area contributed by atoms with Gasteiger partial charge in [0.05, 0.1) is 14.2 Å². The van der Waals surface area contributed by atoms with E-state index in [9.17, 15) is 0 Å². The minimum atomic E-state index is 0. The normalized spacial score (nSPS) is 10.1. The summed E-state index contributed by atoms with van der Waals surface area (Å²) < 4.78 is 16.5. The van der Waals surface area contributed by atoms with Gasteiger partial charge in [-0.05, 0) is 46.8 Å². The first-order valence-electron chi connectivity index (χ1n) is 8.44. The second-order valence-corrected chi connectivity index (χ2v) is 6.84. The van der Waals surface area contributed by atoms with Crippen LogP contribution < -0.4 is 19.5 Å². The molecule has 27 heavy (non-hydrogen) atoms. The van der Waals surface area contributed by atoms with Crippen molar-refractivity contribution in [3.63, 3.8) is 0 Å². The van der Waals surface area contributed by atoms with Crippen molar-refractivity contribution in [3.05, 3.63) is 76.0 Å². The van der Waals surface area contributed by atoms with Crippen LogP contribution in [0, 0.1) is 0 Å². The number of methoxy groups -OCH3 is 2. The Bertz CT molecular complexity index is 807. The topological polar surface area (TPSA) is 39.7 Å². The lowest BCUT2D eigenvalue weighted by atomic mass is 10.2. The van der Waals surface area contributed by atoms with Crippen molar-refractivity contribution in [1.29, 1.82) is 0 Å². The van der Waals surface area contributed by atoms with Gasteiger partial charge in [0, 0.05) is 18.0 Å². The molecule has 1 N–H and O–H groups in total. The summed E-state index contributed by atoms with van der Waals surface area (Å²) in [5.74, 6) is 2.39. The van der Waals surface area contributed by atoms with E-state index in [1.165, 1.54) is 10.4 Å². The minimum Gasteiger partial charge on any atom is -0.497 e. The van der Waals surface area contributed by atoms with Gasteiger partial charge in [-0.2, -0.15) is 0 Å². The largest absolute Gasteiger partial charge is 0.497 e. The Morgan fingerprint density at radius 2 is 1.59 bits per heavy atom. The molecule has 0 radical (unpaired) electrons. The van der Waals surface area contributed by atoms with E-state index in [-0.39, 0.29) is 12.4 Å². The highest BCUT2D eigenvalue weighted by atomic mass is 35.5. The molecule has 0 aliphatic heterocycles. The second-order valence-electron chi connectivity index (χ2n) is 5.80. The molecule has 0 aliphatic carbocycles. The van der Waals surface area contributed by atoms with Gasteiger partial charge in [0.2, 0.25) is 0 Å². The lowest BCUT2D eigenvalue weighted by Crippen LogP contribution is -2.12. The van der Waals surface area contributed by atoms with E-state index in [1.807, 2.05) is 35.7 Å². The quantitative estimate of drug-likeness (QED) is 0.540. The third-order valence-electron chi connectivity index (χ3n) is 4.00. The minimum absolute atomic E-state index is 0. The molecular weight excluding hydrogens is 382 g/mol. The second kappa shape index (κ2) is 10.8. The van der Waals surface area contributed by atoms with E-state index in [0.29, 0.717) is 6.61 Å². The Kier molecular flexibility index (Phi) is 8.45. The molecule has 3 rings (SSSR count). The Morgan fingerprint density at radius 3 is 2.26 bits per heavy atom. The van der Waals surface area contributed by atoms with E-state index in [1.54, 1.807) is 25.6 Å². The molecule has 0 spiro atoms. The summed E-state index contributed by atoms with van der Waals surface area (Å²) in [6, 6.07) is 18.2. The first-order valence-corrected chi connectivity index (χ1v) is 9.32. The summed E-state index contributed by atoms with van der Waals surface area (Å²) >= 11 is 1.69. The molecule has 1 aromatic heterocycles. The molecule has 0 bridgehead atoms. The van der Waals surface area contributed by atoms with E-state index >= 15 is 0 Å². The van der Waals surface area contributed by atoms with Gasteiger partial charge < -0.3 is 19.5 Å². The van der Waals surface area contributed by atoms with Crippen LogP contribution in [0.2, 0.25) is 0 Å². The summed E-state index contributed by atoms with van der Waals surface area (Å²) in [4.78, 5) is 1.19. The molecule has 0 fully saturated rings. The summed E-state index contributed by atoms with van der Waals surface area (Å²) in [5, 5.41) is 5.49. The lowest BCUT2D eigenvalue weighted by molar-refractivity contribution is 0.287. The third kappa shape index (κ3) is 6.17.